The summed E-state index contributed by atoms with van der Waals surface area (Å²) in [6.45, 7) is 3.24. The van der Waals surface area contributed by atoms with Gasteiger partial charge in [-0.25, -0.2) is 0 Å². The summed E-state index contributed by atoms with van der Waals surface area (Å²) in [5.74, 6) is 1.31. The molecule has 1 aromatic carbocycles. The first-order valence-electron chi connectivity index (χ1n) is 6.48. The zero-order valence-electron chi connectivity index (χ0n) is 12.1. The van der Waals surface area contributed by atoms with Crippen molar-refractivity contribution in [2.24, 2.45) is 0 Å². The summed E-state index contributed by atoms with van der Waals surface area (Å²) in [4.78, 5) is 0. The topological polar surface area (TPSA) is 72.2 Å². The van der Waals surface area contributed by atoms with Crippen molar-refractivity contribution in [3.8, 4) is 11.5 Å². The second-order valence-corrected chi connectivity index (χ2v) is 3.97. The van der Waals surface area contributed by atoms with Gasteiger partial charge in [-0.15, -0.1) is 0 Å². The Kier molecular flexibility index (Phi) is 8.53. The molecule has 0 atom stereocenters. The molecule has 1 rings (SSSR count). The number of rotatable bonds is 11. The second kappa shape index (κ2) is 10.3. The number of nitrogen functional groups attached to an aromatic ring is 1. The summed E-state index contributed by atoms with van der Waals surface area (Å²) in [7, 11) is 3.21. The maximum absolute atomic E-state index is 5.72. The maximum atomic E-state index is 5.72. The Bertz CT molecular complexity index is 373. The largest absolute Gasteiger partial charge is 0.494 e. The van der Waals surface area contributed by atoms with E-state index in [9.17, 15) is 0 Å². The van der Waals surface area contributed by atoms with Gasteiger partial charge in [-0.2, -0.15) is 0 Å². The van der Waals surface area contributed by atoms with Crippen molar-refractivity contribution in [2.75, 3.05) is 59.6 Å². The second-order valence-electron chi connectivity index (χ2n) is 3.97. The van der Waals surface area contributed by atoms with E-state index in [1.54, 1.807) is 32.4 Å². The van der Waals surface area contributed by atoms with Gasteiger partial charge in [0.2, 0.25) is 0 Å². The van der Waals surface area contributed by atoms with E-state index < -0.39 is 0 Å². The highest BCUT2D eigenvalue weighted by atomic mass is 16.6. The highest BCUT2D eigenvalue weighted by Gasteiger charge is 2.01. The minimum Gasteiger partial charge on any atom is -0.494 e. The van der Waals surface area contributed by atoms with Gasteiger partial charge < -0.3 is 29.4 Å². The number of ether oxygens (including phenoxy) is 5. The average molecular weight is 285 g/mol. The molecule has 0 spiro atoms. The highest BCUT2D eigenvalue weighted by molar-refractivity contribution is 5.55. The molecule has 0 aromatic heterocycles. The molecule has 0 saturated heterocycles. The molecule has 6 nitrogen and oxygen atoms in total. The molecule has 0 saturated carbocycles. The molecule has 6 heteroatoms. The molecule has 0 amide bonds. The molecule has 2 N–H and O–H groups in total. The molecule has 114 valence electrons. The lowest BCUT2D eigenvalue weighted by Gasteiger charge is -2.10. The smallest absolute Gasteiger partial charge is 0.145 e. The lowest BCUT2D eigenvalue weighted by Crippen LogP contribution is -2.12. The van der Waals surface area contributed by atoms with Crippen LogP contribution in [0.15, 0.2) is 18.2 Å². The lowest BCUT2D eigenvalue weighted by molar-refractivity contribution is 0.0179. The molecule has 0 aliphatic heterocycles. The van der Waals surface area contributed by atoms with E-state index in [-0.39, 0.29) is 0 Å². The van der Waals surface area contributed by atoms with Crippen LogP contribution in [-0.2, 0) is 14.2 Å². The number of hydrogen-bond acceptors (Lipinski definition) is 6. The molecule has 0 fully saturated rings. The van der Waals surface area contributed by atoms with Crippen LogP contribution in [0.4, 0.5) is 5.69 Å². The van der Waals surface area contributed by atoms with E-state index in [1.807, 2.05) is 0 Å². The number of nitrogens with two attached hydrogens (primary N) is 1. The predicted molar refractivity (Wildman–Crippen MR) is 76.4 cm³/mol. The molecule has 0 aliphatic rings. The summed E-state index contributed by atoms with van der Waals surface area (Å²) in [5, 5.41) is 0. The zero-order valence-corrected chi connectivity index (χ0v) is 12.1. The standard InChI is InChI=1S/C14H23NO5/c1-16-5-6-18-7-8-19-9-10-20-12-3-4-13(15)14(11-12)17-2/h3-4,11H,5-10,15H2,1-2H3. The van der Waals surface area contributed by atoms with Gasteiger partial charge in [0.15, 0.2) is 0 Å². The fraction of sp³-hybridized carbons (Fsp3) is 0.571. The van der Waals surface area contributed by atoms with Crippen molar-refractivity contribution in [1.82, 2.24) is 0 Å². The fourth-order valence-corrected chi connectivity index (χ4v) is 1.46. The average Bonchev–Trinajstić information content (AvgIpc) is 2.47. The number of methoxy groups -OCH3 is 2. The third-order valence-electron chi connectivity index (χ3n) is 2.51. The first-order chi connectivity index (χ1) is 9.77. The van der Waals surface area contributed by atoms with Crippen molar-refractivity contribution in [2.45, 2.75) is 0 Å². The van der Waals surface area contributed by atoms with Crippen LogP contribution >= 0.6 is 0 Å². The van der Waals surface area contributed by atoms with Crippen molar-refractivity contribution < 1.29 is 23.7 Å². The van der Waals surface area contributed by atoms with E-state index in [2.05, 4.69) is 0 Å². The van der Waals surface area contributed by atoms with E-state index in [0.717, 1.165) is 0 Å². The first-order valence-corrected chi connectivity index (χ1v) is 6.48. The summed E-state index contributed by atoms with van der Waals surface area (Å²) < 4.78 is 26.1. The van der Waals surface area contributed by atoms with E-state index in [1.165, 1.54) is 0 Å². The summed E-state index contributed by atoms with van der Waals surface area (Å²) >= 11 is 0. The summed E-state index contributed by atoms with van der Waals surface area (Å²) in [6.07, 6.45) is 0. The Balaban J connectivity index is 2.06. The zero-order chi connectivity index (χ0) is 14.6. The van der Waals surface area contributed by atoms with Crippen molar-refractivity contribution in [3.05, 3.63) is 18.2 Å². The fourth-order valence-electron chi connectivity index (χ4n) is 1.46. The number of benzene rings is 1. The van der Waals surface area contributed by atoms with Crippen LogP contribution in [0.5, 0.6) is 11.5 Å². The van der Waals surface area contributed by atoms with Crippen LogP contribution in [0.1, 0.15) is 0 Å². The maximum Gasteiger partial charge on any atom is 0.145 e. The Morgan fingerprint density at radius 1 is 0.900 bits per heavy atom. The minimum absolute atomic E-state index is 0.463. The van der Waals surface area contributed by atoms with Gasteiger partial charge in [0.1, 0.15) is 18.1 Å². The van der Waals surface area contributed by atoms with Crippen molar-refractivity contribution in [3.63, 3.8) is 0 Å². The Morgan fingerprint density at radius 3 is 2.20 bits per heavy atom. The van der Waals surface area contributed by atoms with Crippen LogP contribution in [0.2, 0.25) is 0 Å². The van der Waals surface area contributed by atoms with E-state index >= 15 is 0 Å². The first kappa shape index (κ1) is 16.6. The molecule has 0 aliphatic carbocycles. The Morgan fingerprint density at radius 2 is 1.55 bits per heavy atom. The molecule has 0 heterocycles. The monoisotopic (exact) mass is 285 g/mol. The normalized spacial score (nSPS) is 10.5. The summed E-state index contributed by atoms with van der Waals surface area (Å²) in [5.41, 5.74) is 6.30. The lowest BCUT2D eigenvalue weighted by atomic mass is 10.3. The summed E-state index contributed by atoms with van der Waals surface area (Å²) in [6, 6.07) is 5.30. The molecule has 0 unspecified atom stereocenters. The molecule has 1 aromatic rings. The Hall–Kier alpha value is -1.50. The van der Waals surface area contributed by atoms with E-state index in [4.69, 9.17) is 29.4 Å². The van der Waals surface area contributed by atoms with Crippen molar-refractivity contribution in [1.29, 1.82) is 0 Å². The van der Waals surface area contributed by atoms with Crippen LogP contribution in [0.25, 0.3) is 0 Å². The minimum atomic E-state index is 0.463. The van der Waals surface area contributed by atoms with Crippen LogP contribution in [-0.4, -0.2) is 53.9 Å². The van der Waals surface area contributed by atoms with Crippen molar-refractivity contribution >= 4 is 5.69 Å². The molecular formula is C14H23NO5. The van der Waals surface area contributed by atoms with Crippen LogP contribution < -0.4 is 15.2 Å². The van der Waals surface area contributed by atoms with Gasteiger partial charge in [0.05, 0.1) is 45.8 Å². The van der Waals surface area contributed by atoms with Crippen LogP contribution in [0.3, 0.4) is 0 Å². The molecule has 0 radical (unpaired) electrons. The third kappa shape index (κ3) is 6.60. The molecule has 0 bridgehead atoms. The number of hydrogen-bond donors (Lipinski definition) is 1. The molecule has 20 heavy (non-hydrogen) atoms. The van der Waals surface area contributed by atoms with Gasteiger partial charge in [-0.05, 0) is 12.1 Å². The quantitative estimate of drug-likeness (QED) is 0.488. The van der Waals surface area contributed by atoms with Gasteiger partial charge in [0.25, 0.3) is 0 Å². The Labute approximate surface area is 119 Å². The third-order valence-corrected chi connectivity index (χ3v) is 2.51. The van der Waals surface area contributed by atoms with Gasteiger partial charge in [-0.1, -0.05) is 0 Å². The number of anilines is 1. The van der Waals surface area contributed by atoms with Crippen LogP contribution in [0, 0.1) is 0 Å². The van der Waals surface area contributed by atoms with Gasteiger partial charge >= 0.3 is 0 Å². The van der Waals surface area contributed by atoms with Gasteiger partial charge in [0, 0.05) is 13.2 Å². The SMILES string of the molecule is COCCOCCOCCOc1ccc(N)c(OC)c1. The van der Waals surface area contributed by atoms with Gasteiger partial charge in [-0.3, -0.25) is 0 Å². The molecular weight excluding hydrogens is 262 g/mol. The van der Waals surface area contributed by atoms with E-state index in [0.29, 0.717) is 56.8 Å². The predicted octanol–water partition coefficient (Wildman–Crippen LogP) is 1.34. The highest BCUT2D eigenvalue weighted by Crippen LogP contribution is 2.26.